The molecule has 0 amide bonds. The minimum absolute atomic E-state index is 0. The molecule has 0 saturated carbocycles. The summed E-state index contributed by atoms with van der Waals surface area (Å²) < 4.78 is 0. The van der Waals surface area contributed by atoms with Gasteiger partial charge in [0.1, 0.15) is 0 Å². The second-order valence-electron chi connectivity index (χ2n) is 14.5. The van der Waals surface area contributed by atoms with E-state index in [-0.39, 0.29) is 32.0 Å². The maximum absolute atomic E-state index is 13.8. The fraction of sp³-hybridized carbons (Fsp3) is 0.0769. The minimum Gasteiger partial charge on any atom is -2.00 e. The molecule has 0 atom stereocenters. The Kier molecular flexibility index (Phi) is 17.1. The van der Waals surface area contributed by atoms with E-state index < -0.39 is 16.6 Å². The quantitative estimate of drug-likeness (QED) is 0.119. The molecular weight excluding hydrogens is 957 g/mol. The van der Waals surface area contributed by atoms with Crippen LogP contribution in [0.5, 0.6) is 0 Å². The molecule has 9 aromatic rings. The number of aromatic nitrogens is 2. The Hall–Kier alpha value is -5.68. The normalized spacial score (nSPS) is 10.7. The molecule has 308 valence electrons. The SMILES string of the molecule is Cc1cnc2c(ccc3c(C)c(C)cnc32)c1C.[O-2].[O-2].[O-][Si](c1ccccc1)(c1ccccc1)c1ccccc1.[O-][Si](c1ccccc1)(c1ccccc1)c1ccccc1.[W]. The molecule has 61 heavy (non-hydrogen) atoms. The first-order valence-electron chi connectivity index (χ1n) is 19.6. The second kappa shape index (κ2) is 21.7. The van der Waals surface area contributed by atoms with Crippen molar-refractivity contribution in [3.05, 3.63) is 229 Å². The molecule has 0 bridgehead atoms. The largest absolute Gasteiger partial charge is 2.00 e. The van der Waals surface area contributed by atoms with E-state index in [2.05, 4.69) is 49.8 Å². The van der Waals surface area contributed by atoms with E-state index in [1.165, 1.54) is 33.0 Å². The summed E-state index contributed by atoms with van der Waals surface area (Å²) in [6, 6.07) is 62.9. The van der Waals surface area contributed by atoms with Crippen LogP contribution in [0.2, 0.25) is 0 Å². The first kappa shape index (κ1) is 48.0. The van der Waals surface area contributed by atoms with Gasteiger partial charge in [0.15, 0.2) is 0 Å². The Morgan fingerprint density at radius 1 is 0.328 bits per heavy atom. The van der Waals surface area contributed by atoms with Crippen molar-refractivity contribution in [1.82, 2.24) is 9.97 Å². The van der Waals surface area contributed by atoms with Crippen LogP contribution in [-0.4, -0.2) is 26.6 Å². The van der Waals surface area contributed by atoms with Crippen LogP contribution in [0, 0.1) is 27.7 Å². The number of fused-ring (bicyclic) bond motifs is 3. The van der Waals surface area contributed by atoms with E-state index >= 15 is 0 Å². The number of nitrogens with zero attached hydrogens (tertiary/aromatic N) is 2. The van der Waals surface area contributed by atoms with Gasteiger partial charge in [-0.25, -0.2) is 0 Å². The first-order chi connectivity index (χ1) is 28.2. The van der Waals surface area contributed by atoms with E-state index in [1.54, 1.807) is 0 Å². The Labute approximate surface area is 375 Å². The van der Waals surface area contributed by atoms with Crippen LogP contribution in [0.4, 0.5) is 0 Å². The fourth-order valence-electron chi connectivity index (χ4n) is 7.42. The number of benzene rings is 7. The van der Waals surface area contributed by atoms with E-state index in [4.69, 9.17) is 0 Å². The maximum atomic E-state index is 13.8. The predicted octanol–water partition coefficient (Wildman–Crippen LogP) is 5.80. The molecule has 0 unspecified atom stereocenters. The summed E-state index contributed by atoms with van der Waals surface area (Å²) in [7, 11) is -6.26. The molecule has 0 fully saturated rings. The topological polar surface area (TPSA) is 129 Å². The van der Waals surface area contributed by atoms with Crippen LogP contribution in [0.3, 0.4) is 0 Å². The van der Waals surface area contributed by atoms with Crippen molar-refractivity contribution >= 4 is 69.6 Å². The Morgan fingerprint density at radius 2 is 0.525 bits per heavy atom. The zero-order valence-electron chi connectivity index (χ0n) is 34.6. The van der Waals surface area contributed by atoms with Gasteiger partial charge in [-0.15, -0.1) is 0 Å². The van der Waals surface area contributed by atoms with Crippen molar-refractivity contribution in [2.45, 2.75) is 27.7 Å². The molecule has 7 aromatic carbocycles. The van der Waals surface area contributed by atoms with Gasteiger partial charge in [-0.1, -0.05) is 225 Å². The monoisotopic (exact) mass is 1000 g/mol. The molecule has 0 radical (unpaired) electrons. The molecule has 0 N–H and O–H groups in total. The molecule has 0 aliphatic carbocycles. The van der Waals surface area contributed by atoms with Crippen molar-refractivity contribution in [3.8, 4) is 0 Å². The van der Waals surface area contributed by atoms with Crippen molar-refractivity contribution < 1.29 is 41.6 Å². The van der Waals surface area contributed by atoms with E-state index in [0.29, 0.717) is 0 Å². The van der Waals surface area contributed by atoms with Crippen LogP contribution in [-0.2, 0) is 32.0 Å². The first-order valence-corrected chi connectivity index (χ1v) is 23.4. The van der Waals surface area contributed by atoms with Crippen LogP contribution in [0.25, 0.3) is 21.8 Å². The summed E-state index contributed by atoms with van der Waals surface area (Å²) in [5.41, 5.74) is 7.07. The summed E-state index contributed by atoms with van der Waals surface area (Å²) in [5, 5.41) is 7.82. The van der Waals surface area contributed by atoms with Crippen molar-refractivity contribution in [3.63, 3.8) is 0 Å². The fourth-order valence-corrected chi connectivity index (χ4v) is 13.4. The summed E-state index contributed by atoms with van der Waals surface area (Å²) in [6.45, 7) is 8.48. The number of hydrogen-bond acceptors (Lipinski definition) is 4. The van der Waals surface area contributed by atoms with E-state index in [0.717, 1.165) is 42.2 Å². The van der Waals surface area contributed by atoms with Crippen molar-refractivity contribution in [2.24, 2.45) is 0 Å². The van der Waals surface area contributed by atoms with Crippen LogP contribution < -0.4 is 40.7 Å². The van der Waals surface area contributed by atoms with Gasteiger partial charge in [-0.3, -0.25) is 9.97 Å². The molecule has 9 rings (SSSR count). The Morgan fingerprint density at radius 3 is 0.721 bits per heavy atom. The summed E-state index contributed by atoms with van der Waals surface area (Å²) >= 11 is 0. The third kappa shape index (κ3) is 10.1. The number of pyridine rings is 2. The zero-order valence-corrected chi connectivity index (χ0v) is 39.5. The minimum atomic E-state index is -3.13. The van der Waals surface area contributed by atoms with Gasteiger partial charge in [0.25, 0.3) is 0 Å². The van der Waals surface area contributed by atoms with Gasteiger partial charge >= 0.3 is 0 Å². The van der Waals surface area contributed by atoms with Crippen LogP contribution in [0.15, 0.2) is 207 Å². The Balaban J connectivity index is 0.000000197. The second-order valence-corrected chi connectivity index (χ2v) is 20.7. The number of aryl methyl sites for hydroxylation is 4. The van der Waals surface area contributed by atoms with Gasteiger partial charge in [0, 0.05) is 44.2 Å². The molecule has 0 spiro atoms. The molecule has 2 aromatic heterocycles. The van der Waals surface area contributed by atoms with Gasteiger partial charge in [0.05, 0.1) is 27.7 Å². The molecule has 9 heteroatoms. The average Bonchev–Trinajstić information content (AvgIpc) is 3.30. The summed E-state index contributed by atoms with van der Waals surface area (Å²) in [5.74, 6) is 0. The van der Waals surface area contributed by atoms with Crippen molar-refractivity contribution in [2.75, 3.05) is 0 Å². The summed E-state index contributed by atoms with van der Waals surface area (Å²) in [4.78, 5) is 36.8. The average molecular weight is 1000 g/mol. The molecule has 0 aliphatic heterocycles. The predicted molar refractivity (Wildman–Crippen MR) is 245 cm³/mol. The van der Waals surface area contributed by atoms with E-state index in [9.17, 15) is 9.59 Å². The molecule has 0 saturated heterocycles. The Bertz CT molecular complexity index is 2350. The van der Waals surface area contributed by atoms with Gasteiger partial charge in [0.2, 0.25) is 0 Å². The smallest absolute Gasteiger partial charge is 0.0967 e. The number of rotatable bonds is 6. The van der Waals surface area contributed by atoms with Gasteiger partial charge in [-0.2, -0.15) is 0 Å². The van der Waals surface area contributed by atoms with Crippen molar-refractivity contribution in [1.29, 1.82) is 0 Å². The standard InChI is InChI=1S/2C18H15OSi.C16H16N2.2O.W/c2*19-20(16-10-4-1-5-11-16,17-12-6-2-7-13-17)18-14-8-3-9-15-18;1-9-7-17-15-13(11(9)3)5-6-14-12(4)10(2)8-18-16(14)15;;;/h2*1-15H;5-8H,1-4H3;;;/q2*-1;;2*-2;. The summed E-state index contributed by atoms with van der Waals surface area (Å²) in [6.07, 6.45) is 3.88. The van der Waals surface area contributed by atoms with Gasteiger partial charge in [-0.05, 0) is 49.9 Å². The molecule has 2 heterocycles. The molecule has 0 aliphatic rings. The molecule has 6 nitrogen and oxygen atoms in total. The van der Waals surface area contributed by atoms with E-state index in [1.807, 2.05) is 194 Å². The van der Waals surface area contributed by atoms with Gasteiger partial charge < -0.3 is 20.5 Å². The zero-order chi connectivity index (χ0) is 40.5. The van der Waals surface area contributed by atoms with Crippen LogP contribution >= 0.6 is 0 Å². The van der Waals surface area contributed by atoms with Crippen LogP contribution in [0.1, 0.15) is 22.3 Å². The maximum Gasteiger partial charge on any atom is 0.0967 e. The molecular formula is C52H46N2O4Si2W-6. The third-order valence-electron chi connectivity index (χ3n) is 11.0. The third-order valence-corrected chi connectivity index (χ3v) is 17.9. The number of hydrogen-bond donors (Lipinski definition) is 0.